The smallest absolute Gasteiger partial charge is 0.335 e. The van der Waals surface area contributed by atoms with Gasteiger partial charge in [-0.15, -0.1) is 0 Å². The molecule has 0 unspecified atom stereocenters. The highest BCUT2D eigenvalue weighted by Gasteiger charge is 2.10. The Morgan fingerprint density at radius 2 is 1.79 bits per heavy atom. The molecule has 0 radical (unpaired) electrons. The van der Waals surface area contributed by atoms with Gasteiger partial charge in [-0.05, 0) is 30.9 Å². The van der Waals surface area contributed by atoms with Gasteiger partial charge in [0, 0.05) is 17.8 Å². The number of benzene rings is 1. The number of rotatable bonds is 7. The Hall–Kier alpha value is -1.77. The summed E-state index contributed by atoms with van der Waals surface area (Å²) in [5, 5.41) is 3.32. The highest BCUT2D eigenvalue weighted by atomic mass is 16.5. The molecule has 1 rings (SSSR count). The Bertz CT molecular complexity index is 430. The topological polar surface area (TPSA) is 38.3 Å². The lowest BCUT2D eigenvalue weighted by Crippen LogP contribution is -2.16. The predicted octanol–water partition coefficient (Wildman–Crippen LogP) is 3.34. The number of hydrogen-bond donors (Lipinski definition) is 1. The van der Waals surface area contributed by atoms with Crippen LogP contribution in [0.3, 0.4) is 0 Å². The third kappa shape index (κ3) is 4.12. The van der Waals surface area contributed by atoms with Crippen molar-refractivity contribution in [2.45, 2.75) is 33.6 Å². The maximum absolute atomic E-state index is 11.5. The fraction of sp³-hybridized carbons (Fsp3) is 0.438. The molecule has 0 saturated carbocycles. The summed E-state index contributed by atoms with van der Waals surface area (Å²) in [5.41, 5.74) is 4.10. The molecule has 19 heavy (non-hydrogen) atoms. The Morgan fingerprint density at radius 3 is 2.26 bits per heavy atom. The molecule has 0 spiro atoms. The van der Waals surface area contributed by atoms with Crippen LogP contribution in [-0.4, -0.2) is 19.1 Å². The first-order valence-electron chi connectivity index (χ1n) is 6.83. The summed E-state index contributed by atoms with van der Waals surface area (Å²) in [7, 11) is 0. The van der Waals surface area contributed by atoms with Crippen LogP contribution in [0.1, 0.15) is 31.9 Å². The molecular weight excluding hydrogens is 238 g/mol. The van der Waals surface area contributed by atoms with E-state index in [0.717, 1.165) is 18.5 Å². The monoisotopic (exact) mass is 261 g/mol. The third-order valence-electron chi connectivity index (χ3n) is 3.04. The molecule has 0 aliphatic carbocycles. The highest BCUT2D eigenvalue weighted by molar-refractivity contribution is 5.88. The van der Waals surface area contributed by atoms with E-state index < -0.39 is 0 Å². The fourth-order valence-corrected chi connectivity index (χ4v) is 1.97. The molecular formula is C16H23NO2. The molecule has 0 saturated heterocycles. The van der Waals surface area contributed by atoms with E-state index in [2.05, 4.69) is 43.9 Å². The molecule has 0 amide bonds. The lowest BCUT2D eigenvalue weighted by molar-refractivity contribution is -0.138. The van der Waals surface area contributed by atoms with Gasteiger partial charge in [0.1, 0.15) is 0 Å². The van der Waals surface area contributed by atoms with E-state index in [4.69, 9.17) is 4.74 Å². The van der Waals surface area contributed by atoms with Crippen molar-refractivity contribution in [1.82, 2.24) is 0 Å². The maximum Gasteiger partial charge on any atom is 0.335 e. The zero-order chi connectivity index (χ0) is 14.3. The van der Waals surface area contributed by atoms with Crippen molar-refractivity contribution in [2.24, 2.45) is 0 Å². The molecule has 0 bridgehead atoms. The summed E-state index contributed by atoms with van der Waals surface area (Å²) in [4.78, 5) is 11.5. The van der Waals surface area contributed by atoms with Crippen LogP contribution in [0.15, 0.2) is 30.4 Å². The van der Waals surface area contributed by atoms with Crippen LogP contribution in [0.5, 0.6) is 0 Å². The standard InChI is InChI=1S/C16H23NO2/c1-5-13-9-8-10-14(6-2)15(13)17-11-12(4)16(18)19-7-3/h8-10,17H,4-7,11H2,1-3H3. The molecule has 0 heterocycles. The van der Waals surface area contributed by atoms with Crippen LogP contribution in [0, 0.1) is 0 Å². The number of carbonyl (C=O) groups excluding carboxylic acids is 1. The minimum absolute atomic E-state index is 0.331. The van der Waals surface area contributed by atoms with E-state index >= 15 is 0 Å². The first-order valence-corrected chi connectivity index (χ1v) is 6.83. The molecule has 104 valence electrons. The van der Waals surface area contributed by atoms with Crippen LogP contribution >= 0.6 is 0 Å². The normalized spacial score (nSPS) is 10.1. The quantitative estimate of drug-likeness (QED) is 0.604. The number of para-hydroxylation sites is 1. The fourth-order valence-electron chi connectivity index (χ4n) is 1.97. The van der Waals surface area contributed by atoms with Gasteiger partial charge in [0.2, 0.25) is 0 Å². The van der Waals surface area contributed by atoms with Gasteiger partial charge >= 0.3 is 5.97 Å². The van der Waals surface area contributed by atoms with Crippen molar-refractivity contribution < 1.29 is 9.53 Å². The van der Waals surface area contributed by atoms with E-state index in [9.17, 15) is 4.79 Å². The Kier molecular flexibility index (Phi) is 6.13. The average molecular weight is 261 g/mol. The maximum atomic E-state index is 11.5. The molecule has 0 aromatic heterocycles. The SMILES string of the molecule is C=C(CNc1c(CC)cccc1CC)C(=O)OCC. The largest absolute Gasteiger partial charge is 0.463 e. The van der Waals surface area contributed by atoms with Crippen LogP contribution in [0.4, 0.5) is 5.69 Å². The van der Waals surface area contributed by atoms with Crippen molar-refractivity contribution in [3.05, 3.63) is 41.5 Å². The lowest BCUT2D eigenvalue weighted by Gasteiger charge is -2.15. The number of ether oxygens (including phenoxy) is 1. The summed E-state index contributed by atoms with van der Waals surface area (Å²) in [6.45, 7) is 10.6. The second kappa shape index (κ2) is 7.62. The van der Waals surface area contributed by atoms with Gasteiger partial charge in [-0.3, -0.25) is 0 Å². The van der Waals surface area contributed by atoms with Crippen LogP contribution in [-0.2, 0) is 22.4 Å². The zero-order valence-electron chi connectivity index (χ0n) is 12.1. The summed E-state index contributed by atoms with van der Waals surface area (Å²) in [6.07, 6.45) is 1.92. The van der Waals surface area contributed by atoms with Crippen molar-refractivity contribution in [3.63, 3.8) is 0 Å². The zero-order valence-corrected chi connectivity index (χ0v) is 12.1. The summed E-state index contributed by atoms with van der Waals surface area (Å²) < 4.78 is 4.93. The van der Waals surface area contributed by atoms with Crippen molar-refractivity contribution >= 4 is 11.7 Å². The molecule has 3 heteroatoms. The summed E-state index contributed by atoms with van der Waals surface area (Å²) >= 11 is 0. The number of anilines is 1. The molecule has 1 aromatic rings. The van der Waals surface area contributed by atoms with E-state index in [0.29, 0.717) is 18.7 Å². The average Bonchev–Trinajstić information content (AvgIpc) is 2.44. The van der Waals surface area contributed by atoms with E-state index in [1.165, 1.54) is 11.1 Å². The Morgan fingerprint density at radius 1 is 1.21 bits per heavy atom. The molecule has 1 N–H and O–H groups in total. The van der Waals surface area contributed by atoms with Gasteiger partial charge < -0.3 is 10.1 Å². The van der Waals surface area contributed by atoms with Gasteiger partial charge in [0.25, 0.3) is 0 Å². The molecule has 0 atom stereocenters. The third-order valence-corrected chi connectivity index (χ3v) is 3.04. The molecule has 3 nitrogen and oxygen atoms in total. The predicted molar refractivity (Wildman–Crippen MR) is 79.5 cm³/mol. The van der Waals surface area contributed by atoms with Crippen LogP contribution in [0.2, 0.25) is 0 Å². The first kappa shape index (κ1) is 15.3. The first-order chi connectivity index (χ1) is 9.13. The summed E-state index contributed by atoms with van der Waals surface area (Å²) in [6, 6.07) is 6.28. The van der Waals surface area contributed by atoms with E-state index in [1.54, 1.807) is 6.92 Å². The van der Waals surface area contributed by atoms with E-state index in [-0.39, 0.29) is 5.97 Å². The highest BCUT2D eigenvalue weighted by Crippen LogP contribution is 2.22. The Balaban J connectivity index is 2.76. The minimum Gasteiger partial charge on any atom is -0.463 e. The molecule has 1 aromatic carbocycles. The van der Waals surface area contributed by atoms with Gasteiger partial charge in [0.05, 0.1) is 6.61 Å². The number of aryl methyl sites for hydroxylation is 2. The minimum atomic E-state index is -0.331. The number of hydrogen-bond acceptors (Lipinski definition) is 3. The van der Waals surface area contributed by atoms with E-state index in [1.807, 2.05) is 0 Å². The Labute approximate surface area is 115 Å². The molecule has 0 fully saturated rings. The second-order valence-corrected chi connectivity index (χ2v) is 4.34. The van der Waals surface area contributed by atoms with Crippen molar-refractivity contribution in [2.75, 3.05) is 18.5 Å². The number of nitrogens with one attached hydrogen (secondary N) is 1. The van der Waals surface area contributed by atoms with Crippen molar-refractivity contribution in [1.29, 1.82) is 0 Å². The van der Waals surface area contributed by atoms with Crippen LogP contribution in [0.25, 0.3) is 0 Å². The number of esters is 1. The molecule has 0 aliphatic rings. The van der Waals surface area contributed by atoms with Crippen molar-refractivity contribution in [3.8, 4) is 0 Å². The number of carbonyl (C=O) groups is 1. The van der Waals surface area contributed by atoms with Gasteiger partial charge in [-0.1, -0.05) is 38.6 Å². The summed E-state index contributed by atoms with van der Waals surface area (Å²) in [5.74, 6) is -0.331. The van der Waals surface area contributed by atoms with Gasteiger partial charge in [-0.2, -0.15) is 0 Å². The second-order valence-electron chi connectivity index (χ2n) is 4.34. The lowest BCUT2D eigenvalue weighted by atomic mass is 10.0. The molecule has 0 aliphatic heterocycles. The van der Waals surface area contributed by atoms with Gasteiger partial charge in [0.15, 0.2) is 0 Å². The van der Waals surface area contributed by atoms with Crippen LogP contribution < -0.4 is 5.32 Å². The van der Waals surface area contributed by atoms with Gasteiger partial charge in [-0.25, -0.2) is 4.79 Å².